The molecule has 24 heavy (non-hydrogen) atoms. The monoisotopic (exact) mass is 350 g/mol. The van der Waals surface area contributed by atoms with Crippen molar-refractivity contribution in [3.05, 3.63) is 30.1 Å². The zero-order valence-corrected chi connectivity index (χ0v) is 15.3. The summed E-state index contributed by atoms with van der Waals surface area (Å²) in [4.78, 5) is 12.5. The van der Waals surface area contributed by atoms with Crippen LogP contribution in [-0.4, -0.2) is 40.1 Å². The zero-order chi connectivity index (χ0) is 17.7. The minimum Gasteiger partial charge on any atom is -0.497 e. The number of rotatable bonds is 7. The number of benzene rings is 1. The topological polar surface area (TPSA) is 78.3 Å². The van der Waals surface area contributed by atoms with Gasteiger partial charge in [-0.25, -0.2) is 0 Å². The Labute approximate surface area is 145 Å². The predicted molar refractivity (Wildman–Crippen MR) is 92.4 cm³/mol. The lowest BCUT2D eigenvalue weighted by atomic mass is 10.1. The fraction of sp³-hybridized carbons (Fsp3) is 0.438. The largest absolute Gasteiger partial charge is 0.497 e. The minimum absolute atomic E-state index is 0.0830. The Morgan fingerprint density at radius 1 is 1.29 bits per heavy atom. The van der Waals surface area contributed by atoms with E-state index in [-0.39, 0.29) is 17.2 Å². The summed E-state index contributed by atoms with van der Waals surface area (Å²) < 4.78 is 12.4. The summed E-state index contributed by atoms with van der Waals surface area (Å²) in [5.74, 6) is 1.34. The molecule has 0 aliphatic heterocycles. The lowest BCUT2D eigenvalue weighted by Crippen LogP contribution is -2.33. The van der Waals surface area contributed by atoms with Crippen molar-refractivity contribution in [1.82, 2.24) is 20.1 Å². The van der Waals surface area contributed by atoms with Crippen molar-refractivity contribution in [2.24, 2.45) is 7.05 Å². The van der Waals surface area contributed by atoms with Gasteiger partial charge in [0.2, 0.25) is 5.91 Å². The summed E-state index contributed by atoms with van der Waals surface area (Å²) in [6.07, 6.45) is 1.61. The molecule has 1 aromatic carbocycles. The van der Waals surface area contributed by atoms with Crippen LogP contribution in [0.15, 0.2) is 29.7 Å². The Hall–Kier alpha value is -2.22. The molecule has 1 amide bonds. The molecule has 0 spiro atoms. The van der Waals surface area contributed by atoms with Crippen molar-refractivity contribution in [3.8, 4) is 11.5 Å². The molecule has 2 atom stereocenters. The van der Waals surface area contributed by atoms with Crippen molar-refractivity contribution < 1.29 is 14.3 Å². The van der Waals surface area contributed by atoms with Crippen molar-refractivity contribution in [1.29, 1.82) is 0 Å². The maximum atomic E-state index is 12.5. The van der Waals surface area contributed by atoms with Gasteiger partial charge in [-0.1, -0.05) is 11.8 Å². The highest BCUT2D eigenvalue weighted by atomic mass is 32.2. The molecular weight excluding hydrogens is 328 g/mol. The lowest BCUT2D eigenvalue weighted by Gasteiger charge is -2.20. The van der Waals surface area contributed by atoms with E-state index in [1.54, 1.807) is 25.1 Å². The number of ether oxygens (including phenoxy) is 2. The Kier molecular flexibility index (Phi) is 6.08. The van der Waals surface area contributed by atoms with Gasteiger partial charge in [0.1, 0.15) is 17.8 Å². The number of carbonyl (C=O) groups is 1. The summed E-state index contributed by atoms with van der Waals surface area (Å²) in [5.41, 5.74) is 0.862. The minimum atomic E-state index is -0.299. The van der Waals surface area contributed by atoms with Crippen LogP contribution in [0.1, 0.15) is 25.5 Å². The zero-order valence-electron chi connectivity index (χ0n) is 14.4. The standard InChI is InChI=1S/C16H22N4O3S/c1-10(13-8-12(22-4)6-7-14(13)23-5)18-15(21)11(2)24-16-19-17-9-20(16)3/h6-11H,1-5H3,(H,18,21)/t10-,11+/m1/s1. The normalized spacial score (nSPS) is 13.2. The smallest absolute Gasteiger partial charge is 0.233 e. The molecule has 0 fully saturated rings. The van der Waals surface area contributed by atoms with Crippen molar-refractivity contribution in [2.45, 2.75) is 30.3 Å². The molecular formula is C16H22N4O3S. The summed E-state index contributed by atoms with van der Waals surface area (Å²) in [6.45, 7) is 3.75. The molecule has 0 saturated heterocycles. The second kappa shape index (κ2) is 8.05. The van der Waals surface area contributed by atoms with Gasteiger partial charge in [-0.15, -0.1) is 10.2 Å². The molecule has 130 valence electrons. The summed E-state index contributed by atoms with van der Waals surface area (Å²) in [7, 11) is 5.05. The first kappa shape index (κ1) is 18.1. The van der Waals surface area contributed by atoms with Crippen LogP contribution in [0.3, 0.4) is 0 Å². The van der Waals surface area contributed by atoms with Gasteiger partial charge in [-0.3, -0.25) is 4.79 Å². The van der Waals surface area contributed by atoms with E-state index >= 15 is 0 Å². The number of amides is 1. The summed E-state index contributed by atoms with van der Waals surface area (Å²) >= 11 is 1.36. The summed E-state index contributed by atoms with van der Waals surface area (Å²) in [6, 6.07) is 5.30. The van der Waals surface area contributed by atoms with Gasteiger partial charge < -0.3 is 19.4 Å². The van der Waals surface area contributed by atoms with Crippen molar-refractivity contribution >= 4 is 17.7 Å². The van der Waals surface area contributed by atoms with Crippen molar-refractivity contribution in [3.63, 3.8) is 0 Å². The van der Waals surface area contributed by atoms with Crippen LogP contribution >= 0.6 is 11.8 Å². The average molecular weight is 350 g/mol. The first-order valence-corrected chi connectivity index (χ1v) is 8.37. The van der Waals surface area contributed by atoms with Crippen LogP contribution in [0.25, 0.3) is 0 Å². The Morgan fingerprint density at radius 2 is 2.04 bits per heavy atom. The average Bonchev–Trinajstić information content (AvgIpc) is 2.98. The molecule has 0 aliphatic carbocycles. The number of thioether (sulfide) groups is 1. The third-order valence-electron chi connectivity index (χ3n) is 3.58. The van der Waals surface area contributed by atoms with Crippen LogP contribution < -0.4 is 14.8 Å². The third kappa shape index (κ3) is 4.19. The van der Waals surface area contributed by atoms with E-state index in [0.717, 1.165) is 5.56 Å². The van der Waals surface area contributed by atoms with Crippen LogP contribution in [0, 0.1) is 0 Å². The van der Waals surface area contributed by atoms with E-state index < -0.39 is 0 Å². The molecule has 1 N–H and O–H groups in total. The van der Waals surface area contributed by atoms with E-state index in [9.17, 15) is 4.79 Å². The molecule has 0 unspecified atom stereocenters. The molecule has 0 aliphatic rings. The highest BCUT2D eigenvalue weighted by Gasteiger charge is 2.21. The molecule has 0 radical (unpaired) electrons. The highest BCUT2D eigenvalue weighted by Crippen LogP contribution is 2.29. The van der Waals surface area contributed by atoms with Crippen molar-refractivity contribution in [2.75, 3.05) is 14.2 Å². The maximum Gasteiger partial charge on any atom is 0.233 e. The molecule has 1 heterocycles. The number of nitrogens with zero attached hydrogens (tertiary/aromatic N) is 3. The van der Waals surface area contributed by atoms with Gasteiger partial charge in [0.15, 0.2) is 5.16 Å². The Balaban J connectivity index is 2.06. The molecule has 0 saturated carbocycles. The number of carbonyl (C=O) groups excluding carboxylic acids is 1. The molecule has 2 aromatic rings. The quantitative estimate of drug-likeness (QED) is 0.771. The van der Waals surface area contributed by atoms with Gasteiger partial charge in [0, 0.05) is 12.6 Å². The number of hydrogen-bond donors (Lipinski definition) is 1. The third-order valence-corrected chi connectivity index (χ3v) is 4.73. The van der Waals surface area contributed by atoms with E-state index in [2.05, 4.69) is 15.5 Å². The van der Waals surface area contributed by atoms with Crippen LogP contribution in [0.5, 0.6) is 11.5 Å². The highest BCUT2D eigenvalue weighted by molar-refractivity contribution is 8.00. The SMILES string of the molecule is COc1ccc(OC)c([C@@H](C)NC(=O)[C@H](C)Sc2nncn2C)c1. The number of nitrogens with one attached hydrogen (secondary N) is 1. The summed E-state index contributed by atoms with van der Waals surface area (Å²) in [5, 5.41) is 11.2. The van der Waals surface area contributed by atoms with Gasteiger partial charge in [-0.05, 0) is 32.0 Å². The number of hydrogen-bond acceptors (Lipinski definition) is 6. The van der Waals surface area contributed by atoms with Gasteiger partial charge in [-0.2, -0.15) is 0 Å². The maximum absolute atomic E-state index is 12.5. The second-order valence-electron chi connectivity index (χ2n) is 5.32. The fourth-order valence-electron chi connectivity index (χ4n) is 2.18. The van der Waals surface area contributed by atoms with E-state index in [0.29, 0.717) is 16.7 Å². The van der Waals surface area contributed by atoms with Gasteiger partial charge in [0.25, 0.3) is 0 Å². The molecule has 8 heteroatoms. The Bertz CT molecular complexity index is 704. The molecule has 2 rings (SSSR count). The van der Waals surface area contributed by atoms with Gasteiger partial charge in [0.05, 0.1) is 25.5 Å². The first-order valence-electron chi connectivity index (χ1n) is 7.49. The predicted octanol–water partition coefficient (Wildman–Crippen LogP) is 2.19. The van der Waals surface area contributed by atoms with E-state index in [4.69, 9.17) is 9.47 Å². The number of methoxy groups -OCH3 is 2. The molecule has 7 nitrogen and oxygen atoms in total. The molecule has 1 aromatic heterocycles. The van der Waals surface area contributed by atoms with E-state index in [1.165, 1.54) is 11.8 Å². The Morgan fingerprint density at radius 3 is 2.62 bits per heavy atom. The number of aryl methyl sites for hydroxylation is 1. The van der Waals surface area contributed by atoms with Gasteiger partial charge >= 0.3 is 0 Å². The number of aromatic nitrogens is 3. The fourth-order valence-corrected chi connectivity index (χ4v) is 2.98. The van der Waals surface area contributed by atoms with Crippen LogP contribution in [0.2, 0.25) is 0 Å². The van der Waals surface area contributed by atoms with Crippen LogP contribution in [0.4, 0.5) is 0 Å². The second-order valence-corrected chi connectivity index (χ2v) is 6.63. The van der Waals surface area contributed by atoms with Crippen LogP contribution in [-0.2, 0) is 11.8 Å². The van der Waals surface area contributed by atoms with E-state index in [1.807, 2.05) is 39.1 Å². The lowest BCUT2D eigenvalue weighted by molar-refractivity contribution is -0.120. The first-order chi connectivity index (χ1) is 11.5. The molecule has 0 bridgehead atoms.